The average molecular weight is 271 g/mol. The molecule has 1 aliphatic heterocycles. The molecule has 0 aliphatic carbocycles. The fraction of sp³-hybridized carbons (Fsp3) is 0.583. The van der Waals surface area contributed by atoms with Crippen LogP contribution in [0.15, 0.2) is 12.3 Å². The molecule has 7 heteroatoms. The number of allylic oxidation sites excluding steroid dienone is 1. The van der Waals surface area contributed by atoms with Gasteiger partial charge in [0.05, 0.1) is 11.6 Å². The van der Waals surface area contributed by atoms with Crippen LogP contribution in [0.4, 0.5) is 4.79 Å². The number of carbonyl (C=O) groups excluding carboxylic acids is 3. The second-order valence-electron chi connectivity index (χ2n) is 4.37. The van der Waals surface area contributed by atoms with Gasteiger partial charge in [0.15, 0.2) is 0 Å². The molecular formula is C12H17NO6. The first kappa shape index (κ1) is 15.0. The van der Waals surface area contributed by atoms with E-state index in [2.05, 4.69) is 11.4 Å². The number of hydrogen-bond acceptors (Lipinski definition) is 6. The summed E-state index contributed by atoms with van der Waals surface area (Å²) in [5.74, 6) is -1.20. The fourth-order valence-corrected chi connectivity index (χ4v) is 1.30. The van der Waals surface area contributed by atoms with Crippen LogP contribution in [0.5, 0.6) is 0 Å². The molecule has 1 amide bonds. The first-order valence-corrected chi connectivity index (χ1v) is 5.91. The van der Waals surface area contributed by atoms with Crippen LogP contribution in [0.2, 0.25) is 0 Å². The Balaban J connectivity index is 2.41. The van der Waals surface area contributed by atoms with Crippen molar-refractivity contribution in [1.29, 1.82) is 0 Å². The highest BCUT2D eigenvalue weighted by Crippen LogP contribution is 2.21. The number of hydrogen-bond donors (Lipinski definition) is 0. The summed E-state index contributed by atoms with van der Waals surface area (Å²) in [5.41, 5.74) is 0.383. The molecule has 19 heavy (non-hydrogen) atoms. The quantitative estimate of drug-likeness (QED) is 0.572. The van der Waals surface area contributed by atoms with Crippen molar-refractivity contribution >= 4 is 18.0 Å². The third-order valence-corrected chi connectivity index (χ3v) is 2.32. The molecule has 0 aromatic rings. The summed E-state index contributed by atoms with van der Waals surface area (Å²) < 4.78 is 9.50. The number of hydroxylamine groups is 2. The lowest BCUT2D eigenvalue weighted by atomic mass is 10.2. The van der Waals surface area contributed by atoms with Crippen LogP contribution >= 0.6 is 0 Å². The van der Waals surface area contributed by atoms with Crippen LogP contribution in [0.3, 0.4) is 0 Å². The lowest BCUT2D eigenvalue weighted by molar-refractivity contribution is -0.184. The Kier molecular flexibility index (Phi) is 4.91. The van der Waals surface area contributed by atoms with Crippen LogP contribution in [0.25, 0.3) is 0 Å². The van der Waals surface area contributed by atoms with Crippen molar-refractivity contribution in [2.24, 2.45) is 5.92 Å². The van der Waals surface area contributed by atoms with E-state index in [0.29, 0.717) is 12.1 Å². The molecule has 1 saturated heterocycles. The van der Waals surface area contributed by atoms with Crippen LogP contribution in [0.1, 0.15) is 33.6 Å². The first-order valence-electron chi connectivity index (χ1n) is 5.91. The lowest BCUT2D eigenvalue weighted by Crippen LogP contribution is -2.30. The van der Waals surface area contributed by atoms with Crippen molar-refractivity contribution in [2.75, 3.05) is 0 Å². The number of ether oxygens (including phenoxy) is 2. The number of rotatable bonds is 4. The van der Waals surface area contributed by atoms with Gasteiger partial charge in [0.25, 0.3) is 5.91 Å². The van der Waals surface area contributed by atoms with Gasteiger partial charge in [-0.15, -0.1) is 5.06 Å². The SMILES string of the molecule is C=C1CCC(=O)N1OC(=O)OC(C)OC(=O)C(C)C. The predicted molar refractivity (Wildman–Crippen MR) is 63.2 cm³/mol. The van der Waals surface area contributed by atoms with Crippen molar-refractivity contribution in [2.45, 2.75) is 39.9 Å². The zero-order chi connectivity index (χ0) is 14.6. The van der Waals surface area contributed by atoms with E-state index in [-0.39, 0.29) is 18.2 Å². The summed E-state index contributed by atoms with van der Waals surface area (Å²) in [6.45, 7) is 8.26. The largest absolute Gasteiger partial charge is 0.536 e. The Morgan fingerprint density at radius 2 is 1.84 bits per heavy atom. The van der Waals surface area contributed by atoms with Crippen LogP contribution in [0, 0.1) is 5.92 Å². The molecule has 0 bridgehead atoms. The molecule has 0 aromatic carbocycles. The van der Waals surface area contributed by atoms with Crippen molar-refractivity contribution in [3.05, 3.63) is 12.3 Å². The highest BCUT2D eigenvalue weighted by Gasteiger charge is 2.29. The van der Waals surface area contributed by atoms with E-state index < -0.39 is 18.4 Å². The topological polar surface area (TPSA) is 82.1 Å². The minimum Gasteiger partial charge on any atom is -0.425 e. The smallest absolute Gasteiger partial charge is 0.425 e. The van der Waals surface area contributed by atoms with E-state index in [9.17, 15) is 14.4 Å². The zero-order valence-electron chi connectivity index (χ0n) is 11.2. The first-order chi connectivity index (χ1) is 8.81. The normalized spacial score (nSPS) is 16.5. The maximum absolute atomic E-state index is 11.4. The van der Waals surface area contributed by atoms with Crippen molar-refractivity contribution in [1.82, 2.24) is 5.06 Å². The van der Waals surface area contributed by atoms with E-state index in [1.165, 1.54) is 6.92 Å². The summed E-state index contributed by atoms with van der Waals surface area (Å²) in [4.78, 5) is 38.6. The minimum absolute atomic E-state index is 0.240. The van der Waals surface area contributed by atoms with E-state index >= 15 is 0 Å². The third kappa shape index (κ3) is 4.27. The van der Waals surface area contributed by atoms with Crippen molar-refractivity contribution < 1.29 is 28.7 Å². The Morgan fingerprint density at radius 1 is 1.21 bits per heavy atom. The highest BCUT2D eigenvalue weighted by molar-refractivity contribution is 5.81. The molecule has 1 atom stereocenters. The van der Waals surface area contributed by atoms with Gasteiger partial charge in [0.1, 0.15) is 0 Å². The second-order valence-corrected chi connectivity index (χ2v) is 4.37. The summed E-state index contributed by atoms with van der Waals surface area (Å²) in [6, 6.07) is 0. The van der Waals surface area contributed by atoms with Gasteiger partial charge < -0.3 is 9.47 Å². The minimum atomic E-state index is -1.12. The van der Waals surface area contributed by atoms with Gasteiger partial charge >= 0.3 is 12.1 Å². The average Bonchev–Trinajstić information content (AvgIpc) is 2.60. The maximum Gasteiger partial charge on any atom is 0.536 e. The molecule has 1 fully saturated rings. The van der Waals surface area contributed by atoms with Gasteiger partial charge in [-0.2, -0.15) is 0 Å². The molecule has 1 unspecified atom stereocenters. The number of carbonyl (C=O) groups is 3. The molecule has 7 nitrogen and oxygen atoms in total. The Morgan fingerprint density at radius 3 is 2.32 bits per heavy atom. The molecule has 106 valence electrons. The second kappa shape index (κ2) is 6.21. The highest BCUT2D eigenvalue weighted by atomic mass is 16.9. The molecule has 1 heterocycles. The molecule has 1 aliphatic rings. The van der Waals surface area contributed by atoms with E-state index in [1.54, 1.807) is 13.8 Å². The van der Waals surface area contributed by atoms with Crippen LogP contribution < -0.4 is 0 Å². The zero-order valence-corrected chi connectivity index (χ0v) is 11.2. The van der Waals surface area contributed by atoms with Crippen LogP contribution in [-0.2, 0) is 23.9 Å². The number of esters is 1. The van der Waals surface area contributed by atoms with Crippen molar-refractivity contribution in [3.8, 4) is 0 Å². The van der Waals surface area contributed by atoms with Crippen LogP contribution in [-0.4, -0.2) is 29.4 Å². The van der Waals surface area contributed by atoms with E-state index in [0.717, 1.165) is 5.06 Å². The molecule has 0 spiro atoms. The number of nitrogens with zero attached hydrogens (tertiary/aromatic N) is 1. The van der Waals surface area contributed by atoms with Gasteiger partial charge in [-0.1, -0.05) is 20.4 Å². The molecule has 0 radical (unpaired) electrons. The summed E-state index contributed by atoms with van der Waals surface area (Å²) in [7, 11) is 0. The summed E-state index contributed by atoms with van der Waals surface area (Å²) in [6.07, 6.45) is -1.54. The molecule has 1 rings (SSSR count). The van der Waals surface area contributed by atoms with E-state index in [1.807, 2.05) is 0 Å². The molecule has 0 aromatic heterocycles. The monoisotopic (exact) mass is 271 g/mol. The standard InChI is InChI=1S/C12H17NO6/c1-7(2)11(15)17-9(4)18-12(16)19-13-8(3)5-6-10(13)14/h7,9H,3,5-6H2,1-2,4H3. The van der Waals surface area contributed by atoms with Gasteiger partial charge in [-0.3, -0.25) is 14.4 Å². The third-order valence-electron chi connectivity index (χ3n) is 2.32. The maximum atomic E-state index is 11.4. The Hall–Kier alpha value is -2.05. The molecular weight excluding hydrogens is 254 g/mol. The molecule has 0 N–H and O–H groups in total. The van der Waals surface area contributed by atoms with Gasteiger partial charge in [0.2, 0.25) is 6.29 Å². The fourth-order valence-electron chi connectivity index (χ4n) is 1.30. The summed E-state index contributed by atoms with van der Waals surface area (Å²) in [5, 5.41) is 0.791. The van der Waals surface area contributed by atoms with Gasteiger partial charge in [-0.25, -0.2) is 4.79 Å². The lowest BCUT2D eigenvalue weighted by Gasteiger charge is -2.18. The van der Waals surface area contributed by atoms with E-state index in [4.69, 9.17) is 9.47 Å². The Labute approximate surface area is 111 Å². The Bertz CT molecular complexity index is 387. The van der Waals surface area contributed by atoms with Gasteiger partial charge in [0, 0.05) is 13.3 Å². The summed E-state index contributed by atoms with van der Waals surface area (Å²) >= 11 is 0. The predicted octanol–water partition coefficient (Wildman–Crippen LogP) is 1.74. The van der Waals surface area contributed by atoms with Crippen molar-refractivity contribution in [3.63, 3.8) is 0 Å². The molecule has 0 saturated carbocycles. The van der Waals surface area contributed by atoms with Gasteiger partial charge in [-0.05, 0) is 6.42 Å². The number of amides is 1.